The van der Waals surface area contributed by atoms with E-state index in [-0.39, 0.29) is 47.7 Å². The van der Waals surface area contributed by atoms with Gasteiger partial charge in [0, 0.05) is 41.7 Å². The van der Waals surface area contributed by atoms with E-state index in [1.807, 2.05) is 17.0 Å². The molecular formula is C32H30BrF2N5O3. The lowest BCUT2D eigenvalue weighted by molar-refractivity contribution is -0.117. The van der Waals surface area contributed by atoms with Gasteiger partial charge in [-0.05, 0) is 67.3 Å². The first-order chi connectivity index (χ1) is 20.8. The summed E-state index contributed by atoms with van der Waals surface area (Å²) in [6, 6.07) is 16.6. The molecule has 0 atom stereocenters. The topological polar surface area (TPSA) is 111 Å². The van der Waals surface area contributed by atoms with Gasteiger partial charge in [0.05, 0.1) is 29.9 Å². The summed E-state index contributed by atoms with van der Waals surface area (Å²) >= 11 is 3.35. The van der Waals surface area contributed by atoms with Crippen LogP contribution in [0.3, 0.4) is 0 Å². The van der Waals surface area contributed by atoms with E-state index in [1.54, 1.807) is 18.2 Å². The molecule has 3 aromatic rings. The highest BCUT2D eigenvalue weighted by Gasteiger charge is 2.43. The minimum absolute atomic E-state index is 0.0408. The van der Waals surface area contributed by atoms with Crippen molar-refractivity contribution in [3.05, 3.63) is 81.3 Å². The second-order valence-corrected chi connectivity index (χ2v) is 12.0. The molecule has 1 aromatic heterocycles. The quantitative estimate of drug-likeness (QED) is 0.260. The first-order valence-electron chi connectivity index (χ1n) is 14.1. The molecule has 5 rings (SSSR count). The predicted molar refractivity (Wildman–Crippen MR) is 158 cm³/mol. The van der Waals surface area contributed by atoms with Crippen LogP contribution in [0.4, 0.5) is 14.5 Å². The van der Waals surface area contributed by atoms with E-state index in [9.17, 15) is 18.8 Å². The van der Waals surface area contributed by atoms with Gasteiger partial charge in [-0.3, -0.25) is 9.69 Å². The molecule has 11 heteroatoms. The average molecular weight is 651 g/mol. The predicted octanol–water partition coefficient (Wildman–Crippen LogP) is 6.29. The average Bonchev–Trinajstić information content (AvgIpc) is 3.74. The van der Waals surface area contributed by atoms with E-state index in [1.165, 1.54) is 24.3 Å². The Morgan fingerprint density at radius 3 is 2.53 bits per heavy atom. The molecule has 2 heterocycles. The molecule has 0 unspecified atom stereocenters. The van der Waals surface area contributed by atoms with E-state index in [0.717, 1.165) is 12.8 Å². The first-order valence-corrected chi connectivity index (χ1v) is 14.9. The maximum Gasteiger partial charge on any atom is 0.238 e. The second kappa shape index (κ2) is 13.5. The zero-order chi connectivity index (χ0) is 30.4. The van der Waals surface area contributed by atoms with Crippen LogP contribution in [0.2, 0.25) is 0 Å². The van der Waals surface area contributed by atoms with Gasteiger partial charge in [-0.25, -0.2) is 8.78 Å². The fraction of sp³-hybridized carbons (Fsp3) is 0.375. The fourth-order valence-corrected chi connectivity index (χ4v) is 5.71. The Morgan fingerprint density at radius 1 is 1.07 bits per heavy atom. The smallest absolute Gasteiger partial charge is 0.238 e. The molecule has 2 aromatic carbocycles. The molecule has 0 radical (unpaired) electrons. The van der Waals surface area contributed by atoms with Crippen LogP contribution < -0.4 is 14.8 Å². The lowest BCUT2D eigenvalue weighted by Gasteiger charge is -2.31. The Balaban J connectivity index is 1.10. The molecule has 1 aliphatic carbocycles. The number of piperidine rings is 1. The number of nitriles is 2. The Morgan fingerprint density at radius 2 is 1.84 bits per heavy atom. The molecule has 2 fully saturated rings. The van der Waals surface area contributed by atoms with Crippen molar-refractivity contribution < 1.29 is 23.0 Å². The van der Waals surface area contributed by atoms with Crippen molar-refractivity contribution in [2.45, 2.75) is 51.2 Å². The van der Waals surface area contributed by atoms with Crippen LogP contribution in [0.5, 0.6) is 11.8 Å². The number of hydrogen-bond acceptors (Lipinski definition) is 7. The van der Waals surface area contributed by atoms with Crippen LogP contribution in [0, 0.1) is 39.7 Å². The van der Waals surface area contributed by atoms with Gasteiger partial charge in [-0.1, -0.05) is 28.1 Å². The van der Waals surface area contributed by atoms with Crippen LogP contribution in [0.25, 0.3) is 0 Å². The molecule has 0 spiro atoms. The van der Waals surface area contributed by atoms with Crippen molar-refractivity contribution in [3.63, 3.8) is 0 Å². The lowest BCUT2D eigenvalue weighted by atomic mass is 9.92. The van der Waals surface area contributed by atoms with E-state index < -0.39 is 11.6 Å². The van der Waals surface area contributed by atoms with Crippen molar-refractivity contribution in [2.75, 3.05) is 25.0 Å². The van der Waals surface area contributed by atoms with Crippen LogP contribution >= 0.6 is 15.9 Å². The van der Waals surface area contributed by atoms with Gasteiger partial charge in [-0.2, -0.15) is 15.5 Å². The van der Waals surface area contributed by atoms with Crippen molar-refractivity contribution in [1.82, 2.24) is 9.88 Å². The van der Waals surface area contributed by atoms with Gasteiger partial charge in [0.25, 0.3) is 0 Å². The Bertz CT molecular complexity index is 1580. The largest absolute Gasteiger partial charge is 0.474 e. The van der Waals surface area contributed by atoms with Crippen molar-refractivity contribution in [1.29, 1.82) is 10.5 Å². The summed E-state index contributed by atoms with van der Waals surface area (Å²) in [5.74, 6) is -0.640. The third-order valence-corrected chi connectivity index (χ3v) is 8.28. The van der Waals surface area contributed by atoms with E-state index >= 15 is 0 Å². The summed E-state index contributed by atoms with van der Waals surface area (Å²) in [5, 5.41) is 20.9. The highest BCUT2D eigenvalue weighted by atomic mass is 79.9. The third-order valence-electron chi connectivity index (χ3n) is 7.82. The highest BCUT2D eigenvalue weighted by Crippen LogP contribution is 2.52. The number of anilines is 1. The number of pyridine rings is 1. The van der Waals surface area contributed by atoms with E-state index in [4.69, 9.17) is 14.7 Å². The van der Waals surface area contributed by atoms with Gasteiger partial charge < -0.3 is 14.8 Å². The maximum atomic E-state index is 14.9. The molecule has 1 saturated heterocycles. The summed E-state index contributed by atoms with van der Waals surface area (Å²) in [6.45, 7) is 1.32. The van der Waals surface area contributed by atoms with Gasteiger partial charge in [0.1, 0.15) is 24.3 Å². The Hall–Kier alpha value is -4.06. The standard InChI is InChI=1S/C32H30BrF2N5O3/c33-24-15-23(17-32(8-9-32)10-11-36)31(27(35)16-24)38-28(41)19-40-12-6-25(7-13-40)43-30-3-1-2-29(39-30)42-20-22-5-4-21(18-37)14-26(22)34/h1-5,14-16,25H,6-10,12-13,17,19-20H2,(H,38,41). The number of carbonyl (C=O) groups excluding carboxylic acids is 1. The van der Waals surface area contributed by atoms with Crippen molar-refractivity contribution >= 4 is 27.5 Å². The number of rotatable bonds is 11. The Kier molecular flexibility index (Phi) is 9.54. The summed E-state index contributed by atoms with van der Waals surface area (Å²) in [5.41, 5.74) is 1.30. The Labute approximate surface area is 257 Å². The molecule has 0 bridgehead atoms. The van der Waals surface area contributed by atoms with Gasteiger partial charge in [0.2, 0.25) is 17.7 Å². The molecule has 222 valence electrons. The monoisotopic (exact) mass is 649 g/mol. The molecule has 43 heavy (non-hydrogen) atoms. The van der Waals surface area contributed by atoms with Gasteiger partial charge >= 0.3 is 0 Å². The van der Waals surface area contributed by atoms with Crippen LogP contribution in [-0.4, -0.2) is 41.5 Å². The van der Waals surface area contributed by atoms with Crippen LogP contribution in [-0.2, 0) is 17.8 Å². The number of ether oxygens (including phenoxy) is 2. The number of amides is 1. The molecule has 1 aliphatic heterocycles. The number of halogens is 3. The van der Waals surface area contributed by atoms with Gasteiger partial charge in [0.15, 0.2) is 0 Å². The van der Waals surface area contributed by atoms with Crippen molar-refractivity contribution in [2.24, 2.45) is 5.41 Å². The number of carbonyl (C=O) groups is 1. The maximum absolute atomic E-state index is 14.9. The third kappa shape index (κ3) is 8.07. The zero-order valence-corrected chi connectivity index (χ0v) is 25.0. The molecular weight excluding hydrogens is 620 g/mol. The summed E-state index contributed by atoms with van der Waals surface area (Å²) < 4.78 is 41.4. The molecule has 1 saturated carbocycles. The molecule has 1 N–H and O–H groups in total. The van der Waals surface area contributed by atoms with Gasteiger partial charge in [-0.15, -0.1) is 0 Å². The van der Waals surface area contributed by atoms with E-state index in [0.29, 0.717) is 60.3 Å². The normalized spacial score (nSPS) is 16.1. The van der Waals surface area contributed by atoms with Crippen molar-refractivity contribution in [3.8, 4) is 23.9 Å². The lowest BCUT2D eigenvalue weighted by Crippen LogP contribution is -2.42. The number of aromatic nitrogens is 1. The molecule has 1 amide bonds. The van der Waals surface area contributed by atoms with Crippen LogP contribution in [0.15, 0.2) is 53.0 Å². The summed E-state index contributed by atoms with van der Waals surface area (Å²) in [7, 11) is 0. The zero-order valence-electron chi connectivity index (χ0n) is 23.4. The summed E-state index contributed by atoms with van der Waals surface area (Å²) in [4.78, 5) is 19.3. The second-order valence-electron chi connectivity index (χ2n) is 11.1. The minimum Gasteiger partial charge on any atom is -0.474 e. The number of hydrogen-bond donors (Lipinski definition) is 1. The van der Waals surface area contributed by atoms with E-state index in [2.05, 4.69) is 32.3 Å². The highest BCUT2D eigenvalue weighted by molar-refractivity contribution is 9.10. The molecule has 2 aliphatic rings. The number of nitrogens with zero attached hydrogens (tertiary/aromatic N) is 4. The SMILES string of the molecule is N#CCC1(Cc2cc(Br)cc(F)c2NC(=O)CN2CCC(Oc3cccc(OCc4ccc(C#N)cc4F)n3)CC2)CC1. The van der Waals surface area contributed by atoms with Crippen LogP contribution in [0.1, 0.15) is 48.8 Å². The molecule has 8 nitrogen and oxygen atoms in total. The first kappa shape index (κ1) is 30.4. The fourth-order valence-electron chi connectivity index (χ4n) is 5.24. The minimum atomic E-state index is -0.517. The summed E-state index contributed by atoms with van der Waals surface area (Å²) in [6.07, 6.45) is 4.03. The number of likely N-dealkylation sites (tertiary alicyclic amines) is 1. The number of nitrogens with one attached hydrogen (secondary N) is 1. The number of benzene rings is 2.